The molecule has 1 amide bonds. The van der Waals surface area contributed by atoms with E-state index in [2.05, 4.69) is 5.32 Å². The quantitative estimate of drug-likeness (QED) is 0.838. The smallest absolute Gasteiger partial charge is 0.311 e. The van der Waals surface area contributed by atoms with Gasteiger partial charge < -0.3 is 15.2 Å². The second-order valence-corrected chi connectivity index (χ2v) is 5.36. The van der Waals surface area contributed by atoms with Crippen LogP contribution in [-0.2, 0) is 16.0 Å². The Kier molecular flexibility index (Phi) is 4.45. The summed E-state index contributed by atoms with van der Waals surface area (Å²) in [6.45, 7) is 0.125. The first-order chi connectivity index (χ1) is 9.97. The molecule has 0 radical (unpaired) electrons. The van der Waals surface area contributed by atoms with Gasteiger partial charge in [-0.15, -0.1) is 0 Å². The Labute approximate surface area is 122 Å². The number of carbonyl (C=O) groups excluding carboxylic acids is 1. The Morgan fingerprint density at radius 1 is 1.43 bits per heavy atom. The zero-order valence-corrected chi connectivity index (χ0v) is 11.8. The summed E-state index contributed by atoms with van der Waals surface area (Å²) < 4.78 is 18.3. The Hall–Kier alpha value is -2.11. The molecule has 0 atom stereocenters. The van der Waals surface area contributed by atoms with E-state index in [9.17, 15) is 14.0 Å². The standard InChI is InChI=1S/C15H18FNO4/c1-21-12-4-3-10(7-11(12)16)8-13(18)17-9-15(14(19)20)5-2-6-15/h3-4,7H,2,5-6,8-9H2,1H3,(H,17,18)(H,19,20). The van der Waals surface area contributed by atoms with E-state index < -0.39 is 17.2 Å². The first kappa shape index (κ1) is 15.3. The summed E-state index contributed by atoms with van der Waals surface area (Å²) in [5.41, 5.74) is -0.301. The van der Waals surface area contributed by atoms with Gasteiger partial charge in [0.05, 0.1) is 18.9 Å². The maximum Gasteiger partial charge on any atom is 0.311 e. The van der Waals surface area contributed by atoms with Crippen LogP contribution in [0.25, 0.3) is 0 Å². The topological polar surface area (TPSA) is 75.6 Å². The van der Waals surface area contributed by atoms with Crippen molar-refractivity contribution in [3.8, 4) is 5.75 Å². The van der Waals surface area contributed by atoms with Crippen LogP contribution in [0.5, 0.6) is 5.75 Å². The van der Waals surface area contributed by atoms with E-state index in [1.165, 1.54) is 19.2 Å². The van der Waals surface area contributed by atoms with Crippen molar-refractivity contribution < 1.29 is 23.8 Å². The number of methoxy groups -OCH3 is 1. The highest BCUT2D eigenvalue weighted by atomic mass is 19.1. The second kappa shape index (κ2) is 6.11. The predicted molar refractivity (Wildman–Crippen MR) is 73.6 cm³/mol. The van der Waals surface area contributed by atoms with Crippen molar-refractivity contribution in [1.29, 1.82) is 0 Å². The van der Waals surface area contributed by atoms with Gasteiger partial charge in [-0.1, -0.05) is 12.5 Å². The number of aliphatic carboxylic acids is 1. The molecule has 21 heavy (non-hydrogen) atoms. The van der Waals surface area contributed by atoms with Crippen molar-refractivity contribution in [3.63, 3.8) is 0 Å². The van der Waals surface area contributed by atoms with Crippen LogP contribution in [0.2, 0.25) is 0 Å². The highest BCUT2D eigenvalue weighted by Crippen LogP contribution is 2.40. The minimum Gasteiger partial charge on any atom is -0.494 e. The largest absolute Gasteiger partial charge is 0.494 e. The molecule has 0 saturated heterocycles. The first-order valence-electron chi connectivity index (χ1n) is 6.79. The molecule has 2 N–H and O–H groups in total. The summed E-state index contributed by atoms with van der Waals surface area (Å²) in [6, 6.07) is 4.31. The van der Waals surface area contributed by atoms with Gasteiger partial charge in [0.1, 0.15) is 0 Å². The molecule has 0 heterocycles. The normalized spacial score (nSPS) is 15.9. The maximum absolute atomic E-state index is 13.5. The third-order valence-corrected chi connectivity index (χ3v) is 3.97. The van der Waals surface area contributed by atoms with Crippen molar-refractivity contribution in [2.45, 2.75) is 25.7 Å². The van der Waals surface area contributed by atoms with Crippen molar-refractivity contribution in [2.24, 2.45) is 5.41 Å². The van der Waals surface area contributed by atoms with Gasteiger partial charge in [-0.05, 0) is 30.5 Å². The monoisotopic (exact) mass is 295 g/mol. The minimum atomic E-state index is -0.871. The zero-order chi connectivity index (χ0) is 15.5. The average molecular weight is 295 g/mol. The molecule has 5 nitrogen and oxygen atoms in total. The van der Waals surface area contributed by atoms with Crippen molar-refractivity contribution in [1.82, 2.24) is 5.32 Å². The van der Waals surface area contributed by atoms with Gasteiger partial charge in [-0.2, -0.15) is 0 Å². The Balaban J connectivity index is 1.90. The number of carboxylic acids is 1. The number of rotatable bonds is 6. The molecule has 2 rings (SSSR count). The predicted octanol–water partition coefficient (Wildman–Crippen LogP) is 1.75. The fourth-order valence-electron chi connectivity index (χ4n) is 2.41. The summed E-state index contributed by atoms with van der Waals surface area (Å²) in [7, 11) is 1.37. The van der Waals surface area contributed by atoms with Crippen LogP contribution in [0.3, 0.4) is 0 Å². The Morgan fingerprint density at radius 2 is 2.14 bits per heavy atom. The van der Waals surface area contributed by atoms with Gasteiger partial charge in [0, 0.05) is 6.54 Å². The minimum absolute atomic E-state index is 0.0105. The van der Waals surface area contributed by atoms with Gasteiger partial charge in [-0.3, -0.25) is 9.59 Å². The molecule has 1 aliphatic rings. The number of hydrogen-bond acceptors (Lipinski definition) is 3. The highest BCUT2D eigenvalue weighted by molar-refractivity contribution is 5.81. The number of carbonyl (C=O) groups is 2. The van der Waals surface area contributed by atoms with E-state index in [4.69, 9.17) is 9.84 Å². The van der Waals surface area contributed by atoms with Crippen molar-refractivity contribution in [2.75, 3.05) is 13.7 Å². The van der Waals surface area contributed by atoms with Crippen molar-refractivity contribution >= 4 is 11.9 Å². The molecule has 0 unspecified atom stereocenters. The summed E-state index contributed by atoms with van der Waals surface area (Å²) in [6.07, 6.45) is 2.04. The van der Waals surface area contributed by atoms with E-state index in [-0.39, 0.29) is 24.6 Å². The average Bonchev–Trinajstić information content (AvgIpc) is 2.37. The third kappa shape index (κ3) is 3.32. The van der Waals surface area contributed by atoms with Gasteiger partial charge >= 0.3 is 5.97 Å². The lowest BCUT2D eigenvalue weighted by Gasteiger charge is -2.37. The fourth-order valence-corrected chi connectivity index (χ4v) is 2.41. The number of hydrogen-bond donors (Lipinski definition) is 2. The fraction of sp³-hybridized carbons (Fsp3) is 0.467. The zero-order valence-electron chi connectivity index (χ0n) is 11.8. The maximum atomic E-state index is 13.5. The number of benzene rings is 1. The van der Waals surface area contributed by atoms with Gasteiger partial charge in [0.25, 0.3) is 0 Å². The molecule has 114 valence electrons. The second-order valence-electron chi connectivity index (χ2n) is 5.36. The van der Waals surface area contributed by atoms with Crippen LogP contribution in [0, 0.1) is 11.2 Å². The molecule has 1 saturated carbocycles. The molecule has 0 spiro atoms. The number of nitrogens with one attached hydrogen (secondary N) is 1. The summed E-state index contributed by atoms with van der Waals surface area (Å²) >= 11 is 0. The van der Waals surface area contributed by atoms with Gasteiger partial charge in [0.15, 0.2) is 11.6 Å². The molecule has 0 aromatic heterocycles. The highest BCUT2D eigenvalue weighted by Gasteiger charge is 2.44. The summed E-state index contributed by atoms with van der Waals surface area (Å²) in [5, 5.41) is 11.8. The molecule has 1 fully saturated rings. The molecular formula is C15H18FNO4. The molecule has 6 heteroatoms. The number of halogens is 1. The lowest BCUT2D eigenvalue weighted by molar-refractivity contribution is -0.154. The first-order valence-corrected chi connectivity index (χ1v) is 6.79. The van der Waals surface area contributed by atoms with Gasteiger partial charge in [-0.25, -0.2) is 4.39 Å². The molecule has 0 bridgehead atoms. The van der Waals surface area contributed by atoms with E-state index >= 15 is 0 Å². The molecular weight excluding hydrogens is 277 g/mol. The van der Waals surface area contributed by atoms with Crippen LogP contribution >= 0.6 is 0 Å². The van der Waals surface area contributed by atoms with Crippen LogP contribution < -0.4 is 10.1 Å². The molecule has 1 aliphatic carbocycles. The third-order valence-electron chi connectivity index (χ3n) is 3.97. The summed E-state index contributed by atoms with van der Waals surface area (Å²) in [4.78, 5) is 23.0. The van der Waals surface area contributed by atoms with Gasteiger partial charge in [0.2, 0.25) is 5.91 Å². The van der Waals surface area contributed by atoms with E-state index in [0.29, 0.717) is 18.4 Å². The van der Waals surface area contributed by atoms with E-state index in [1.54, 1.807) is 6.07 Å². The SMILES string of the molecule is COc1ccc(CC(=O)NCC2(C(=O)O)CCC2)cc1F. The van der Waals surface area contributed by atoms with Crippen LogP contribution in [0.1, 0.15) is 24.8 Å². The molecule has 0 aliphatic heterocycles. The number of ether oxygens (including phenoxy) is 1. The van der Waals surface area contributed by atoms with Crippen LogP contribution in [0.15, 0.2) is 18.2 Å². The van der Waals surface area contributed by atoms with E-state index in [0.717, 1.165) is 6.42 Å². The molecule has 1 aromatic rings. The van der Waals surface area contributed by atoms with Crippen LogP contribution in [0.4, 0.5) is 4.39 Å². The lowest BCUT2D eigenvalue weighted by atomic mass is 9.69. The van der Waals surface area contributed by atoms with Crippen molar-refractivity contribution in [3.05, 3.63) is 29.6 Å². The Morgan fingerprint density at radius 3 is 2.62 bits per heavy atom. The lowest BCUT2D eigenvalue weighted by Crippen LogP contribution is -2.47. The van der Waals surface area contributed by atoms with Crippen LogP contribution in [-0.4, -0.2) is 30.6 Å². The summed E-state index contributed by atoms with van der Waals surface area (Å²) in [5.74, 6) is -1.58. The number of amides is 1. The Bertz CT molecular complexity index is 555. The van der Waals surface area contributed by atoms with E-state index in [1.807, 2.05) is 0 Å². The molecule has 1 aromatic carbocycles. The number of carboxylic acid groups (broad SMARTS) is 1.